The lowest BCUT2D eigenvalue weighted by Gasteiger charge is -2.22. The summed E-state index contributed by atoms with van der Waals surface area (Å²) >= 11 is 0. The molecule has 4 rings (SSSR count). The molecule has 1 N–H and O–H groups in total. The molecule has 1 aliphatic heterocycles. The predicted octanol–water partition coefficient (Wildman–Crippen LogP) is 5.34. The van der Waals surface area contributed by atoms with Crippen molar-refractivity contribution in [2.75, 3.05) is 26.3 Å². The third-order valence-electron chi connectivity index (χ3n) is 8.52. The van der Waals surface area contributed by atoms with Crippen molar-refractivity contribution in [1.29, 1.82) is 0 Å². The molecule has 6 atom stereocenters. The summed E-state index contributed by atoms with van der Waals surface area (Å²) in [4.78, 5) is 50.8. The van der Waals surface area contributed by atoms with Crippen LogP contribution in [-0.2, 0) is 14.3 Å². The number of nitrogens with one attached hydrogen (secondary N) is 1. The number of carbonyl (C=O) groups is 4. The van der Waals surface area contributed by atoms with E-state index in [2.05, 4.69) is 37.2 Å². The minimum atomic E-state index is -0.546. The monoisotopic (exact) mass is 560 g/mol. The number of alkyl carbamates (subject to hydrolysis) is 1. The molecule has 0 bridgehead atoms. The molecule has 3 amide bonds. The zero-order chi connectivity index (χ0) is 29.5. The van der Waals surface area contributed by atoms with Crippen LogP contribution in [0.1, 0.15) is 53.3 Å². The van der Waals surface area contributed by atoms with Gasteiger partial charge in [-0.3, -0.25) is 14.5 Å². The van der Waals surface area contributed by atoms with Crippen molar-refractivity contribution in [3.63, 3.8) is 0 Å². The van der Waals surface area contributed by atoms with Gasteiger partial charge >= 0.3 is 12.1 Å². The smallest absolute Gasteiger partial charge is 0.407 e. The SMILES string of the molecule is C=CC1CC(C=CC2CC(C=C)C(COC(=O)NCCOC(=O)C(=C)C)C2)C(CN2C(=O)c3ccccc3C2=O)C1. The molecule has 0 aromatic heterocycles. The fraction of sp³-hybridized carbons (Fsp3) is 0.455. The molecule has 3 aliphatic rings. The van der Waals surface area contributed by atoms with Gasteiger partial charge in [0.15, 0.2) is 0 Å². The molecule has 218 valence electrons. The molecule has 8 nitrogen and oxygen atoms in total. The largest absolute Gasteiger partial charge is 0.460 e. The van der Waals surface area contributed by atoms with Gasteiger partial charge in [-0.25, -0.2) is 9.59 Å². The normalized spacial score (nSPS) is 27.1. The van der Waals surface area contributed by atoms with Gasteiger partial charge in [-0.15, -0.1) is 13.2 Å². The number of carbonyl (C=O) groups excluding carboxylic acids is 4. The molecule has 1 aromatic carbocycles. The van der Waals surface area contributed by atoms with Gasteiger partial charge in [0.05, 0.1) is 24.3 Å². The topological polar surface area (TPSA) is 102 Å². The molecule has 1 aromatic rings. The second-order valence-corrected chi connectivity index (χ2v) is 11.4. The third kappa shape index (κ3) is 7.23. The summed E-state index contributed by atoms with van der Waals surface area (Å²) in [5, 5.41) is 2.60. The van der Waals surface area contributed by atoms with E-state index >= 15 is 0 Å². The van der Waals surface area contributed by atoms with Crippen LogP contribution >= 0.6 is 0 Å². The van der Waals surface area contributed by atoms with Gasteiger partial charge in [0.25, 0.3) is 11.8 Å². The van der Waals surface area contributed by atoms with Crippen molar-refractivity contribution >= 4 is 23.9 Å². The number of imide groups is 1. The predicted molar refractivity (Wildman–Crippen MR) is 156 cm³/mol. The molecule has 2 saturated carbocycles. The van der Waals surface area contributed by atoms with Gasteiger partial charge < -0.3 is 14.8 Å². The van der Waals surface area contributed by atoms with Crippen LogP contribution in [-0.4, -0.2) is 55.1 Å². The number of esters is 1. The molecule has 6 unspecified atom stereocenters. The van der Waals surface area contributed by atoms with E-state index in [1.165, 1.54) is 4.90 Å². The van der Waals surface area contributed by atoms with Crippen LogP contribution in [0.15, 0.2) is 73.9 Å². The van der Waals surface area contributed by atoms with E-state index in [9.17, 15) is 19.2 Å². The first-order valence-corrected chi connectivity index (χ1v) is 14.3. The second kappa shape index (κ2) is 13.6. The summed E-state index contributed by atoms with van der Waals surface area (Å²) in [6.07, 6.45) is 11.5. The van der Waals surface area contributed by atoms with Crippen LogP contribution < -0.4 is 5.32 Å². The first-order chi connectivity index (χ1) is 19.7. The van der Waals surface area contributed by atoms with E-state index in [0.717, 1.165) is 25.7 Å². The van der Waals surface area contributed by atoms with Crippen molar-refractivity contribution in [1.82, 2.24) is 10.2 Å². The van der Waals surface area contributed by atoms with E-state index < -0.39 is 12.1 Å². The van der Waals surface area contributed by atoms with Crippen LogP contribution in [0.25, 0.3) is 0 Å². The highest BCUT2D eigenvalue weighted by Gasteiger charge is 2.40. The Hall–Kier alpha value is -3.94. The zero-order valence-electron chi connectivity index (χ0n) is 23.8. The highest BCUT2D eigenvalue weighted by Crippen LogP contribution is 2.42. The van der Waals surface area contributed by atoms with Gasteiger partial charge in [0.2, 0.25) is 0 Å². The summed E-state index contributed by atoms with van der Waals surface area (Å²) < 4.78 is 10.4. The first-order valence-electron chi connectivity index (χ1n) is 14.3. The van der Waals surface area contributed by atoms with Crippen LogP contribution in [0.5, 0.6) is 0 Å². The zero-order valence-corrected chi connectivity index (χ0v) is 23.8. The number of amides is 3. The van der Waals surface area contributed by atoms with Crippen molar-refractivity contribution in [3.8, 4) is 0 Å². The Kier molecular flexibility index (Phi) is 9.97. The summed E-state index contributed by atoms with van der Waals surface area (Å²) in [5.74, 6) is 0.555. The van der Waals surface area contributed by atoms with Crippen molar-refractivity contribution in [3.05, 3.63) is 85.0 Å². The van der Waals surface area contributed by atoms with Gasteiger partial charge in [0.1, 0.15) is 6.61 Å². The Bertz CT molecular complexity index is 1200. The summed E-state index contributed by atoms with van der Waals surface area (Å²) in [5.41, 5.74) is 1.27. The molecule has 0 spiro atoms. The molecule has 1 heterocycles. The standard InChI is InChI=1S/C33H40N2O6/c1-5-22-15-25(26(16-22)19-35-30(36)28-9-7-8-10-29(28)31(35)37)12-11-23-17-24(6-2)27(18-23)20-41-33(39)34-13-14-40-32(38)21(3)4/h5-12,22-27H,1-3,13-20H2,4H3,(H,34,39). The average molecular weight is 561 g/mol. The van der Waals surface area contributed by atoms with Gasteiger partial charge in [0, 0.05) is 18.0 Å². The number of rotatable bonds is 12. The molecular weight excluding hydrogens is 520 g/mol. The van der Waals surface area contributed by atoms with E-state index in [0.29, 0.717) is 35.1 Å². The molecular formula is C33H40N2O6. The van der Waals surface area contributed by atoms with E-state index in [4.69, 9.17) is 9.47 Å². The Balaban J connectivity index is 1.28. The van der Waals surface area contributed by atoms with Crippen molar-refractivity contribution in [2.24, 2.45) is 35.5 Å². The maximum Gasteiger partial charge on any atom is 0.407 e. The van der Waals surface area contributed by atoms with Crippen LogP contribution in [0.4, 0.5) is 4.79 Å². The minimum Gasteiger partial charge on any atom is -0.460 e. The molecule has 2 aliphatic carbocycles. The quantitative estimate of drug-likeness (QED) is 0.122. The second-order valence-electron chi connectivity index (χ2n) is 11.4. The van der Waals surface area contributed by atoms with E-state index in [1.54, 1.807) is 31.2 Å². The van der Waals surface area contributed by atoms with Crippen LogP contribution in [0.2, 0.25) is 0 Å². The Morgan fingerprint density at radius 3 is 2.22 bits per heavy atom. The van der Waals surface area contributed by atoms with E-state index in [1.807, 2.05) is 12.2 Å². The maximum absolute atomic E-state index is 13.0. The van der Waals surface area contributed by atoms with Gasteiger partial charge in [-0.1, -0.05) is 43.0 Å². The molecule has 0 radical (unpaired) electrons. The number of allylic oxidation sites excluding steroid dienone is 4. The molecule has 2 fully saturated rings. The highest BCUT2D eigenvalue weighted by atomic mass is 16.6. The molecule has 41 heavy (non-hydrogen) atoms. The maximum atomic E-state index is 13.0. The first kappa shape index (κ1) is 30.0. The number of fused-ring (bicyclic) bond motifs is 1. The highest BCUT2D eigenvalue weighted by molar-refractivity contribution is 6.21. The lowest BCUT2D eigenvalue weighted by Crippen LogP contribution is -2.35. The van der Waals surface area contributed by atoms with Crippen molar-refractivity contribution in [2.45, 2.75) is 32.6 Å². The summed E-state index contributed by atoms with van der Waals surface area (Å²) in [7, 11) is 0. The number of benzene rings is 1. The number of nitrogens with zero attached hydrogens (tertiary/aromatic N) is 1. The summed E-state index contributed by atoms with van der Waals surface area (Å²) in [6, 6.07) is 7.01. The Labute approximate surface area is 242 Å². The molecule has 0 saturated heterocycles. The van der Waals surface area contributed by atoms with Gasteiger partial charge in [-0.2, -0.15) is 0 Å². The summed E-state index contributed by atoms with van der Waals surface area (Å²) in [6.45, 7) is 14.0. The minimum absolute atomic E-state index is 0.0499. The number of hydrogen-bond acceptors (Lipinski definition) is 6. The Morgan fingerprint density at radius 1 is 0.927 bits per heavy atom. The lowest BCUT2D eigenvalue weighted by molar-refractivity contribution is -0.138. The van der Waals surface area contributed by atoms with Crippen LogP contribution in [0, 0.1) is 35.5 Å². The Morgan fingerprint density at radius 2 is 1.59 bits per heavy atom. The van der Waals surface area contributed by atoms with Gasteiger partial charge in [-0.05, 0) is 74.3 Å². The number of hydrogen-bond donors (Lipinski definition) is 1. The fourth-order valence-electron chi connectivity index (χ4n) is 6.27. The average Bonchev–Trinajstić information content (AvgIpc) is 3.63. The molecule has 8 heteroatoms. The van der Waals surface area contributed by atoms with Crippen molar-refractivity contribution < 1.29 is 28.7 Å². The lowest BCUT2D eigenvalue weighted by atomic mass is 9.93. The number of ether oxygens (including phenoxy) is 2. The van der Waals surface area contributed by atoms with Crippen LogP contribution in [0.3, 0.4) is 0 Å². The fourth-order valence-corrected chi connectivity index (χ4v) is 6.27. The van der Waals surface area contributed by atoms with E-state index in [-0.39, 0.29) is 55.2 Å². The third-order valence-corrected chi connectivity index (χ3v) is 8.52.